The number of hydrogen-bond donors (Lipinski definition) is 0. The number of Topliss-reactive ketones (excluding diaryl/α,β-unsaturated/α-hetero) is 1. The highest BCUT2D eigenvalue weighted by atomic mass is 79.9. The molecule has 1 rings (SSSR count). The Morgan fingerprint density at radius 3 is 2.79 bits per heavy atom. The third-order valence-corrected chi connectivity index (χ3v) is 4.97. The first-order chi connectivity index (χ1) is 6.65. The topological polar surface area (TPSA) is 26.3 Å². The zero-order chi connectivity index (χ0) is 10.6. The van der Waals surface area contributed by atoms with Crippen LogP contribution < -0.4 is 0 Å². The summed E-state index contributed by atoms with van der Waals surface area (Å²) in [7, 11) is 1.64. The molecular formula is C9H10Br2O2S. The number of ketones is 1. The van der Waals surface area contributed by atoms with Gasteiger partial charge < -0.3 is 4.74 Å². The average molecular weight is 342 g/mol. The Balaban J connectivity index is 2.52. The van der Waals surface area contributed by atoms with Gasteiger partial charge in [0, 0.05) is 24.6 Å². The van der Waals surface area contributed by atoms with Crippen LogP contribution >= 0.6 is 43.2 Å². The van der Waals surface area contributed by atoms with E-state index in [4.69, 9.17) is 4.74 Å². The molecule has 0 fully saturated rings. The minimum absolute atomic E-state index is 0.179. The van der Waals surface area contributed by atoms with Crippen molar-refractivity contribution in [3.63, 3.8) is 0 Å². The van der Waals surface area contributed by atoms with Crippen molar-refractivity contribution in [1.82, 2.24) is 0 Å². The van der Waals surface area contributed by atoms with Gasteiger partial charge in [0.15, 0.2) is 5.78 Å². The molecule has 1 heterocycles. The Hall–Kier alpha value is 0.290. The van der Waals surface area contributed by atoms with E-state index in [-0.39, 0.29) is 5.78 Å². The molecule has 5 heteroatoms. The molecule has 0 saturated carbocycles. The Labute approximate surface area is 104 Å². The number of carbonyl (C=O) groups excluding carboxylic acids is 1. The Bertz CT molecular complexity index is 303. The number of methoxy groups -OCH3 is 1. The van der Waals surface area contributed by atoms with E-state index in [1.807, 2.05) is 6.07 Å². The first kappa shape index (κ1) is 12.4. The number of hydrogen-bond acceptors (Lipinski definition) is 3. The predicted octanol–water partition coefficient (Wildman–Crippen LogP) is 3.88. The molecule has 78 valence electrons. The second-order valence-electron chi connectivity index (χ2n) is 2.75. The van der Waals surface area contributed by atoms with E-state index in [1.165, 1.54) is 11.3 Å². The van der Waals surface area contributed by atoms with E-state index in [0.29, 0.717) is 13.0 Å². The third-order valence-electron chi connectivity index (χ3n) is 1.67. The van der Waals surface area contributed by atoms with Crippen molar-refractivity contribution >= 4 is 49.0 Å². The highest BCUT2D eigenvalue weighted by Crippen LogP contribution is 2.33. The molecule has 0 atom stereocenters. The molecule has 0 aliphatic heterocycles. The smallest absolute Gasteiger partial charge is 0.172 e. The van der Waals surface area contributed by atoms with E-state index in [0.717, 1.165) is 19.6 Å². The molecule has 0 aliphatic carbocycles. The van der Waals surface area contributed by atoms with Gasteiger partial charge in [-0.3, -0.25) is 4.79 Å². The summed E-state index contributed by atoms with van der Waals surface area (Å²) in [4.78, 5) is 12.4. The molecule has 0 spiro atoms. The molecular weight excluding hydrogens is 332 g/mol. The summed E-state index contributed by atoms with van der Waals surface area (Å²) < 4.78 is 6.80. The molecule has 0 aromatic carbocycles. The molecule has 0 bridgehead atoms. The van der Waals surface area contributed by atoms with Crippen molar-refractivity contribution in [3.8, 4) is 0 Å². The fourth-order valence-corrected chi connectivity index (χ4v) is 2.99. The second-order valence-corrected chi connectivity index (χ2v) is 5.98. The molecule has 1 aromatic heterocycles. The lowest BCUT2D eigenvalue weighted by Crippen LogP contribution is -1.98. The highest BCUT2D eigenvalue weighted by Gasteiger charge is 2.11. The maximum Gasteiger partial charge on any atom is 0.172 e. The van der Waals surface area contributed by atoms with Crippen LogP contribution in [0.4, 0.5) is 0 Å². The minimum atomic E-state index is 0.179. The van der Waals surface area contributed by atoms with Crippen molar-refractivity contribution in [3.05, 3.63) is 19.2 Å². The van der Waals surface area contributed by atoms with Crippen LogP contribution in [-0.2, 0) is 4.74 Å². The summed E-state index contributed by atoms with van der Waals surface area (Å²) >= 11 is 8.17. The first-order valence-electron chi connectivity index (χ1n) is 4.12. The van der Waals surface area contributed by atoms with Crippen molar-refractivity contribution in [1.29, 1.82) is 0 Å². The standard InChI is InChI=1S/C9H10Br2O2S/c1-13-4-2-3-7(12)8-5-6(10)9(11)14-8/h5H,2-4H2,1H3. The number of thiophene rings is 1. The van der Waals surface area contributed by atoms with Gasteiger partial charge in [-0.15, -0.1) is 11.3 Å². The fraction of sp³-hybridized carbons (Fsp3) is 0.444. The van der Waals surface area contributed by atoms with Crippen LogP contribution in [0, 0.1) is 0 Å². The number of carbonyl (C=O) groups is 1. The summed E-state index contributed by atoms with van der Waals surface area (Å²) in [6, 6.07) is 1.85. The SMILES string of the molecule is COCCCC(=O)c1cc(Br)c(Br)s1. The summed E-state index contributed by atoms with van der Waals surface area (Å²) in [6.45, 7) is 0.638. The van der Waals surface area contributed by atoms with Gasteiger partial charge in [-0.05, 0) is 44.3 Å². The minimum Gasteiger partial charge on any atom is -0.385 e. The lowest BCUT2D eigenvalue weighted by molar-refractivity contribution is 0.0967. The summed E-state index contributed by atoms with van der Waals surface area (Å²) in [6.07, 6.45) is 1.33. The Morgan fingerprint density at radius 1 is 1.57 bits per heavy atom. The van der Waals surface area contributed by atoms with Crippen LogP contribution in [0.1, 0.15) is 22.5 Å². The average Bonchev–Trinajstić information content (AvgIpc) is 2.47. The van der Waals surface area contributed by atoms with Crippen molar-refractivity contribution < 1.29 is 9.53 Å². The van der Waals surface area contributed by atoms with Crippen molar-refractivity contribution in [2.75, 3.05) is 13.7 Å². The molecule has 0 aliphatic rings. The van der Waals surface area contributed by atoms with Crippen molar-refractivity contribution in [2.45, 2.75) is 12.8 Å². The van der Waals surface area contributed by atoms with Gasteiger partial charge in [-0.1, -0.05) is 0 Å². The lowest BCUT2D eigenvalue weighted by Gasteiger charge is -1.96. The van der Waals surface area contributed by atoms with E-state index < -0.39 is 0 Å². The Kier molecular flexibility index (Phi) is 5.30. The van der Waals surface area contributed by atoms with E-state index >= 15 is 0 Å². The molecule has 0 unspecified atom stereocenters. The molecule has 0 amide bonds. The largest absolute Gasteiger partial charge is 0.385 e. The molecule has 2 nitrogen and oxygen atoms in total. The van der Waals surface area contributed by atoms with E-state index in [1.54, 1.807) is 7.11 Å². The van der Waals surface area contributed by atoms with Crippen LogP contribution in [0.25, 0.3) is 0 Å². The van der Waals surface area contributed by atoms with E-state index in [2.05, 4.69) is 31.9 Å². The van der Waals surface area contributed by atoms with Gasteiger partial charge in [0.1, 0.15) is 0 Å². The third kappa shape index (κ3) is 3.46. The number of halogens is 2. The van der Waals surface area contributed by atoms with Gasteiger partial charge in [0.25, 0.3) is 0 Å². The van der Waals surface area contributed by atoms with Gasteiger partial charge in [-0.2, -0.15) is 0 Å². The van der Waals surface area contributed by atoms with Gasteiger partial charge >= 0.3 is 0 Å². The Morgan fingerprint density at radius 2 is 2.29 bits per heavy atom. The maximum atomic E-state index is 11.6. The van der Waals surface area contributed by atoms with Crippen LogP contribution in [0.15, 0.2) is 14.3 Å². The quantitative estimate of drug-likeness (QED) is 0.600. The summed E-state index contributed by atoms with van der Waals surface area (Å²) in [5.74, 6) is 0.179. The molecule has 14 heavy (non-hydrogen) atoms. The van der Waals surface area contributed by atoms with Gasteiger partial charge in [0.05, 0.1) is 8.66 Å². The first-order valence-corrected chi connectivity index (χ1v) is 6.52. The zero-order valence-corrected chi connectivity index (χ0v) is 11.7. The molecule has 0 saturated heterocycles. The number of rotatable bonds is 5. The van der Waals surface area contributed by atoms with E-state index in [9.17, 15) is 4.79 Å². The van der Waals surface area contributed by atoms with Crippen LogP contribution in [0.2, 0.25) is 0 Å². The van der Waals surface area contributed by atoms with Gasteiger partial charge in [-0.25, -0.2) is 0 Å². The molecule has 0 radical (unpaired) electrons. The zero-order valence-electron chi connectivity index (χ0n) is 7.68. The summed E-state index contributed by atoms with van der Waals surface area (Å²) in [5.41, 5.74) is 0. The maximum absolute atomic E-state index is 11.6. The predicted molar refractivity (Wildman–Crippen MR) is 65.2 cm³/mol. The fourth-order valence-electron chi connectivity index (χ4n) is 0.984. The van der Waals surface area contributed by atoms with Crippen LogP contribution in [-0.4, -0.2) is 19.5 Å². The molecule has 1 aromatic rings. The van der Waals surface area contributed by atoms with Gasteiger partial charge in [0.2, 0.25) is 0 Å². The normalized spacial score (nSPS) is 10.5. The highest BCUT2D eigenvalue weighted by molar-refractivity contribution is 9.13. The van der Waals surface area contributed by atoms with Crippen LogP contribution in [0.5, 0.6) is 0 Å². The lowest BCUT2D eigenvalue weighted by atomic mass is 10.2. The monoisotopic (exact) mass is 340 g/mol. The molecule has 0 N–H and O–H groups in total. The number of ether oxygens (including phenoxy) is 1. The van der Waals surface area contributed by atoms with Crippen molar-refractivity contribution in [2.24, 2.45) is 0 Å². The summed E-state index contributed by atoms with van der Waals surface area (Å²) in [5, 5.41) is 0. The van der Waals surface area contributed by atoms with Crippen LogP contribution in [0.3, 0.4) is 0 Å². The second kappa shape index (κ2) is 6.00.